The third-order valence-corrected chi connectivity index (χ3v) is 7.09. The number of thiophene rings is 1. The molecule has 3 rings (SSSR count). The summed E-state index contributed by atoms with van der Waals surface area (Å²) in [7, 11) is 0. The molecule has 3 heterocycles. The van der Waals surface area contributed by atoms with Gasteiger partial charge in [-0.1, -0.05) is 13.0 Å². The highest BCUT2D eigenvalue weighted by atomic mass is 32.1. The fourth-order valence-electron chi connectivity index (χ4n) is 4.28. The number of amides is 2. The predicted molar refractivity (Wildman–Crippen MR) is 110 cm³/mol. The van der Waals surface area contributed by atoms with Gasteiger partial charge >= 0.3 is 0 Å². The molecule has 0 spiro atoms. The summed E-state index contributed by atoms with van der Waals surface area (Å²) >= 11 is 1.73. The fourth-order valence-corrected chi connectivity index (χ4v) is 4.99. The Bertz CT molecular complexity index is 591. The number of carbonyl (C=O) groups excluding carboxylic acids is 2. The molecule has 0 radical (unpaired) electrons. The van der Waals surface area contributed by atoms with Crippen LogP contribution in [0.25, 0.3) is 0 Å². The number of carbonyl (C=O) groups is 2. The van der Waals surface area contributed by atoms with Crippen molar-refractivity contribution in [1.29, 1.82) is 0 Å². The van der Waals surface area contributed by atoms with Crippen LogP contribution in [0.4, 0.5) is 0 Å². The van der Waals surface area contributed by atoms with E-state index in [0.29, 0.717) is 24.8 Å². The van der Waals surface area contributed by atoms with Gasteiger partial charge in [-0.2, -0.15) is 0 Å². The van der Waals surface area contributed by atoms with Gasteiger partial charge in [0.2, 0.25) is 11.8 Å². The number of nitrogens with zero attached hydrogens (tertiary/aromatic N) is 1. The van der Waals surface area contributed by atoms with E-state index < -0.39 is 0 Å². The lowest BCUT2D eigenvalue weighted by Crippen LogP contribution is -2.44. The highest BCUT2D eigenvalue weighted by Gasteiger charge is 2.29. The van der Waals surface area contributed by atoms with Crippen molar-refractivity contribution in [3.8, 4) is 0 Å². The Morgan fingerprint density at radius 3 is 2.67 bits per heavy atom. The highest BCUT2D eigenvalue weighted by Crippen LogP contribution is 2.26. The minimum atomic E-state index is 0.0548. The van der Waals surface area contributed by atoms with Crippen LogP contribution in [0, 0.1) is 17.8 Å². The van der Waals surface area contributed by atoms with Crippen LogP contribution >= 0.6 is 11.3 Å². The third kappa shape index (κ3) is 6.04. The Balaban J connectivity index is 1.34. The molecule has 27 heavy (non-hydrogen) atoms. The maximum absolute atomic E-state index is 12.6. The van der Waals surface area contributed by atoms with Crippen molar-refractivity contribution in [2.24, 2.45) is 17.8 Å². The molecule has 0 saturated carbocycles. The molecule has 2 fully saturated rings. The molecule has 1 unspecified atom stereocenters. The topological polar surface area (TPSA) is 61.4 Å². The second kappa shape index (κ2) is 10.2. The normalized spacial score (nSPS) is 20.4. The summed E-state index contributed by atoms with van der Waals surface area (Å²) < 4.78 is 0. The lowest BCUT2D eigenvalue weighted by atomic mass is 9.83. The number of rotatable bonds is 7. The van der Waals surface area contributed by atoms with Gasteiger partial charge < -0.3 is 15.5 Å². The number of nitrogens with one attached hydrogen (secondary N) is 2. The first-order chi connectivity index (χ1) is 13.1. The van der Waals surface area contributed by atoms with Crippen LogP contribution in [-0.4, -0.2) is 49.4 Å². The van der Waals surface area contributed by atoms with Gasteiger partial charge in [0, 0.05) is 36.9 Å². The predicted octanol–water partition coefficient (Wildman–Crippen LogP) is 2.67. The Morgan fingerprint density at radius 1 is 1.26 bits per heavy atom. The van der Waals surface area contributed by atoms with Crippen LogP contribution in [0.5, 0.6) is 0 Å². The molecule has 6 heteroatoms. The fraction of sp³-hybridized carbons (Fsp3) is 0.714. The molecule has 0 aromatic carbocycles. The van der Waals surface area contributed by atoms with Crippen LogP contribution in [0.15, 0.2) is 17.5 Å². The molecule has 2 saturated heterocycles. The van der Waals surface area contributed by atoms with E-state index in [1.165, 1.54) is 17.7 Å². The van der Waals surface area contributed by atoms with Crippen molar-refractivity contribution in [2.45, 2.75) is 45.4 Å². The van der Waals surface area contributed by atoms with E-state index in [0.717, 1.165) is 45.4 Å². The minimum absolute atomic E-state index is 0.0548. The molecule has 2 amide bonds. The van der Waals surface area contributed by atoms with Crippen molar-refractivity contribution < 1.29 is 9.59 Å². The maximum Gasteiger partial charge on any atom is 0.223 e. The van der Waals surface area contributed by atoms with Gasteiger partial charge in [-0.15, -0.1) is 11.3 Å². The van der Waals surface area contributed by atoms with Gasteiger partial charge in [-0.25, -0.2) is 0 Å². The molecule has 2 N–H and O–H groups in total. The number of hydrogen-bond acceptors (Lipinski definition) is 4. The molecule has 1 aromatic rings. The van der Waals surface area contributed by atoms with Crippen LogP contribution in [0.1, 0.15) is 43.9 Å². The molecule has 1 aromatic heterocycles. The molecular weight excluding hydrogens is 358 g/mol. The molecule has 2 aliphatic rings. The van der Waals surface area contributed by atoms with Gasteiger partial charge in [-0.05, 0) is 68.5 Å². The van der Waals surface area contributed by atoms with Crippen LogP contribution in [0.3, 0.4) is 0 Å². The average molecular weight is 392 g/mol. The van der Waals surface area contributed by atoms with Gasteiger partial charge in [-0.3, -0.25) is 9.59 Å². The van der Waals surface area contributed by atoms with Crippen molar-refractivity contribution in [2.75, 3.05) is 32.7 Å². The number of likely N-dealkylation sites (tertiary alicyclic amines) is 1. The summed E-state index contributed by atoms with van der Waals surface area (Å²) in [6.45, 7) is 6.53. The molecule has 0 bridgehead atoms. The first-order valence-electron chi connectivity index (χ1n) is 10.4. The van der Waals surface area contributed by atoms with E-state index in [9.17, 15) is 9.59 Å². The standard InChI is InChI=1S/C21H33N3O2S/c1-16(17-4-9-22-10-5-17)15-20(25)24-12-7-18(8-13-24)21(26)23-11-6-19-3-2-14-27-19/h2-3,14,16-18,22H,4-13,15H2,1H3,(H,23,26). The summed E-state index contributed by atoms with van der Waals surface area (Å²) in [5, 5.41) is 8.53. The van der Waals surface area contributed by atoms with Crippen molar-refractivity contribution >= 4 is 23.2 Å². The van der Waals surface area contributed by atoms with E-state index in [-0.39, 0.29) is 17.7 Å². The van der Waals surface area contributed by atoms with Crippen molar-refractivity contribution in [3.05, 3.63) is 22.4 Å². The number of piperidine rings is 2. The van der Waals surface area contributed by atoms with E-state index >= 15 is 0 Å². The minimum Gasteiger partial charge on any atom is -0.355 e. The van der Waals surface area contributed by atoms with Gasteiger partial charge in [0.1, 0.15) is 0 Å². The summed E-state index contributed by atoms with van der Waals surface area (Å²) in [4.78, 5) is 28.3. The lowest BCUT2D eigenvalue weighted by molar-refractivity contribution is -0.136. The highest BCUT2D eigenvalue weighted by molar-refractivity contribution is 7.09. The van der Waals surface area contributed by atoms with Gasteiger partial charge in [0.15, 0.2) is 0 Å². The largest absolute Gasteiger partial charge is 0.355 e. The first-order valence-corrected chi connectivity index (χ1v) is 11.3. The number of hydrogen-bond donors (Lipinski definition) is 2. The van der Waals surface area contributed by atoms with E-state index in [1.807, 2.05) is 11.0 Å². The third-order valence-electron chi connectivity index (χ3n) is 6.15. The second-order valence-corrected chi connectivity index (χ2v) is 9.08. The Hall–Kier alpha value is -1.40. The molecule has 0 aliphatic carbocycles. The SMILES string of the molecule is CC(CC(=O)N1CCC(C(=O)NCCc2cccs2)CC1)C1CCNCC1. The lowest BCUT2D eigenvalue weighted by Gasteiger charge is -2.34. The Labute approximate surface area is 166 Å². The van der Waals surface area contributed by atoms with Crippen LogP contribution in [0.2, 0.25) is 0 Å². The Kier molecular flexibility index (Phi) is 7.70. The van der Waals surface area contributed by atoms with Crippen LogP contribution in [-0.2, 0) is 16.0 Å². The zero-order valence-corrected chi connectivity index (χ0v) is 17.2. The van der Waals surface area contributed by atoms with Gasteiger partial charge in [0.25, 0.3) is 0 Å². The molecule has 2 aliphatic heterocycles. The second-order valence-electron chi connectivity index (χ2n) is 8.04. The summed E-state index contributed by atoms with van der Waals surface area (Å²) in [5.41, 5.74) is 0. The van der Waals surface area contributed by atoms with Crippen molar-refractivity contribution in [3.63, 3.8) is 0 Å². The van der Waals surface area contributed by atoms with Crippen LogP contribution < -0.4 is 10.6 Å². The molecule has 150 valence electrons. The zero-order chi connectivity index (χ0) is 19.1. The van der Waals surface area contributed by atoms with Gasteiger partial charge in [0.05, 0.1) is 0 Å². The molecule has 1 atom stereocenters. The van der Waals surface area contributed by atoms with Crippen molar-refractivity contribution in [1.82, 2.24) is 15.5 Å². The van der Waals surface area contributed by atoms with E-state index in [2.05, 4.69) is 29.0 Å². The summed E-state index contributed by atoms with van der Waals surface area (Å²) in [6.07, 6.45) is 5.50. The summed E-state index contributed by atoms with van der Waals surface area (Å²) in [6, 6.07) is 4.15. The molecular formula is C21H33N3O2S. The Morgan fingerprint density at radius 2 is 2.00 bits per heavy atom. The molecule has 5 nitrogen and oxygen atoms in total. The summed E-state index contributed by atoms with van der Waals surface area (Å²) in [5.74, 6) is 1.61. The quantitative estimate of drug-likeness (QED) is 0.751. The monoisotopic (exact) mass is 391 g/mol. The van der Waals surface area contributed by atoms with E-state index in [4.69, 9.17) is 0 Å². The maximum atomic E-state index is 12.6. The zero-order valence-electron chi connectivity index (χ0n) is 16.4. The first kappa shape index (κ1) is 20.3. The average Bonchev–Trinajstić information content (AvgIpc) is 3.22. The smallest absolute Gasteiger partial charge is 0.223 e. The van der Waals surface area contributed by atoms with E-state index in [1.54, 1.807) is 11.3 Å².